The molecule has 0 aliphatic carbocycles. The molecule has 8 heteroatoms. The van der Waals surface area contributed by atoms with Crippen LogP contribution < -0.4 is 5.32 Å². The summed E-state index contributed by atoms with van der Waals surface area (Å²) in [6.45, 7) is 2.81. The molecule has 1 heterocycles. The van der Waals surface area contributed by atoms with E-state index in [9.17, 15) is 13.2 Å². The first-order valence-corrected chi connectivity index (χ1v) is 11.8. The summed E-state index contributed by atoms with van der Waals surface area (Å²) >= 11 is 11.8. The first-order valence-electron chi connectivity index (χ1n) is 9.61. The van der Waals surface area contributed by atoms with Crippen LogP contribution in [0.5, 0.6) is 0 Å². The normalized spacial score (nSPS) is 17.8. The average molecular weight is 455 g/mol. The van der Waals surface area contributed by atoms with Gasteiger partial charge in [-0.1, -0.05) is 47.3 Å². The number of rotatable bonds is 6. The quantitative estimate of drug-likeness (QED) is 0.689. The predicted octanol–water partition coefficient (Wildman–Crippen LogP) is 4.67. The summed E-state index contributed by atoms with van der Waals surface area (Å²) in [6, 6.07) is 11.5. The number of nitrogens with one attached hydrogen (secondary N) is 1. The van der Waals surface area contributed by atoms with Gasteiger partial charge in [-0.25, -0.2) is 8.42 Å². The highest BCUT2D eigenvalue weighted by molar-refractivity contribution is 7.89. The van der Waals surface area contributed by atoms with Gasteiger partial charge >= 0.3 is 0 Å². The third-order valence-corrected chi connectivity index (χ3v) is 7.85. The molecule has 1 aliphatic rings. The third kappa shape index (κ3) is 5.31. The lowest BCUT2D eigenvalue weighted by atomic mass is 10.0. The zero-order valence-corrected chi connectivity index (χ0v) is 18.5. The molecule has 1 amide bonds. The van der Waals surface area contributed by atoms with Gasteiger partial charge in [-0.15, -0.1) is 0 Å². The monoisotopic (exact) mass is 454 g/mol. The molecule has 1 atom stereocenters. The highest BCUT2D eigenvalue weighted by Crippen LogP contribution is 2.27. The number of nitrogens with zero attached hydrogens (tertiary/aromatic N) is 1. The van der Waals surface area contributed by atoms with E-state index >= 15 is 0 Å². The van der Waals surface area contributed by atoms with E-state index in [1.54, 1.807) is 28.6 Å². The minimum atomic E-state index is -3.55. The van der Waals surface area contributed by atoms with E-state index in [1.165, 1.54) is 6.07 Å². The van der Waals surface area contributed by atoms with Crippen molar-refractivity contribution in [3.63, 3.8) is 0 Å². The molecule has 5 nitrogen and oxygen atoms in total. The Labute approximate surface area is 182 Å². The summed E-state index contributed by atoms with van der Waals surface area (Å²) < 4.78 is 27.8. The van der Waals surface area contributed by atoms with E-state index in [2.05, 4.69) is 5.32 Å². The van der Waals surface area contributed by atoms with Crippen LogP contribution in [0.2, 0.25) is 10.0 Å². The molecular formula is C21H24Cl2N2O3S. The minimum absolute atomic E-state index is 0.135. The van der Waals surface area contributed by atoms with E-state index < -0.39 is 10.0 Å². The second-order valence-electron chi connectivity index (χ2n) is 7.25. The lowest BCUT2D eigenvalue weighted by Crippen LogP contribution is -2.45. The van der Waals surface area contributed by atoms with Crippen molar-refractivity contribution in [1.29, 1.82) is 0 Å². The molecule has 1 unspecified atom stereocenters. The summed E-state index contributed by atoms with van der Waals surface area (Å²) in [7, 11) is -3.55. The molecule has 2 aromatic rings. The summed E-state index contributed by atoms with van der Waals surface area (Å²) in [5, 5.41) is 3.56. The van der Waals surface area contributed by atoms with Gasteiger partial charge in [0.1, 0.15) is 0 Å². The number of halogens is 2. The zero-order valence-electron chi connectivity index (χ0n) is 16.2. The van der Waals surface area contributed by atoms with E-state index in [1.807, 2.05) is 19.1 Å². The van der Waals surface area contributed by atoms with E-state index in [-0.39, 0.29) is 11.9 Å². The van der Waals surface area contributed by atoms with Crippen molar-refractivity contribution in [1.82, 2.24) is 9.62 Å². The summed E-state index contributed by atoms with van der Waals surface area (Å²) in [5.41, 5.74) is 1.44. The minimum Gasteiger partial charge on any atom is -0.352 e. The fraction of sp³-hybridized carbons (Fsp3) is 0.381. The van der Waals surface area contributed by atoms with Gasteiger partial charge in [-0.3, -0.25) is 4.79 Å². The van der Waals surface area contributed by atoms with E-state index in [0.29, 0.717) is 40.0 Å². The van der Waals surface area contributed by atoms with Crippen molar-refractivity contribution in [3.8, 4) is 0 Å². The molecule has 0 spiro atoms. The van der Waals surface area contributed by atoms with Gasteiger partial charge in [0.15, 0.2) is 0 Å². The highest BCUT2D eigenvalue weighted by Gasteiger charge is 2.33. The van der Waals surface area contributed by atoms with Gasteiger partial charge in [0.25, 0.3) is 5.91 Å². The maximum absolute atomic E-state index is 13.1. The van der Waals surface area contributed by atoms with Crippen LogP contribution in [-0.2, 0) is 10.0 Å². The first kappa shape index (κ1) is 22.1. The third-order valence-electron chi connectivity index (χ3n) is 5.15. The SMILES string of the molecule is Cc1ccc(S(=O)(=O)N2CCCCC2CCNC(=O)c2ccc(Cl)c(Cl)c2)cc1. The Morgan fingerprint density at radius 3 is 2.52 bits per heavy atom. The first-order chi connectivity index (χ1) is 13.8. The molecule has 1 N–H and O–H groups in total. The van der Waals surface area contributed by atoms with Gasteiger partial charge in [0, 0.05) is 24.7 Å². The molecule has 0 bridgehead atoms. The van der Waals surface area contributed by atoms with Gasteiger partial charge in [-0.2, -0.15) is 4.31 Å². The zero-order chi connectivity index (χ0) is 21.0. The molecule has 156 valence electrons. The van der Waals surface area contributed by atoms with E-state index in [0.717, 1.165) is 24.8 Å². The Morgan fingerprint density at radius 2 is 1.83 bits per heavy atom. The molecule has 1 aliphatic heterocycles. The van der Waals surface area contributed by atoms with Crippen molar-refractivity contribution in [2.45, 2.75) is 43.5 Å². The Hall–Kier alpha value is -1.60. The summed E-state index contributed by atoms with van der Waals surface area (Å²) in [6.07, 6.45) is 3.16. The highest BCUT2D eigenvalue weighted by atomic mass is 35.5. The topological polar surface area (TPSA) is 66.5 Å². The molecule has 3 rings (SSSR count). The predicted molar refractivity (Wildman–Crippen MR) is 116 cm³/mol. The van der Waals surface area contributed by atoms with Crippen LogP contribution >= 0.6 is 23.2 Å². The average Bonchev–Trinajstić information content (AvgIpc) is 2.70. The second kappa shape index (κ2) is 9.47. The fourth-order valence-electron chi connectivity index (χ4n) is 3.52. The van der Waals surface area contributed by atoms with Crippen LogP contribution in [-0.4, -0.2) is 37.8 Å². The molecule has 2 aromatic carbocycles. The van der Waals surface area contributed by atoms with Crippen LogP contribution in [0.1, 0.15) is 41.6 Å². The molecule has 29 heavy (non-hydrogen) atoms. The maximum atomic E-state index is 13.1. The van der Waals surface area contributed by atoms with Gasteiger partial charge in [0.05, 0.1) is 14.9 Å². The molecule has 0 radical (unpaired) electrons. The molecule has 1 fully saturated rings. The fourth-order valence-corrected chi connectivity index (χ4v) is 5.54. The lowest BCUT2D eigenvalue weighted by Gasteiger charge is -2.34. The van der Waals surface area contributed by atoms with Crippen LogP contribution in [0, 0.1) is 6.92 Å². The standard InChI is InChI=1S/C21H24Cl2N2O3S/c1-15-5-8-18(9-6-15)29(27,28)25-13-3-2-4-17(25)11-12-24-21(26)16-7-10-19(22)20(23)14-16/h5-10,14,17H,2-4,11-13H2,1H3,(H,24,26). The number of carbonyl (C=O) groups excluding carboxylic acids is 1. The van der Waals surface area contributed by atoms with Crippen molar-refractivity contribution >= 4 is 39.1 Å². The van der Waals surface area contributed by atoms with Crippen LogP contribution in [0.25, 0.3) is 0 Å². The Morgan fingerprint density at radius 1 is 1.10 bits per heavy atom. The van der Waals surface area contributed by atoms with Crippen molar-refractivity contribution in [3.05, 3.63) is 63.6 Å². The molecule has 0 aromatic heterocycles. The van der Waals surface area contributed by atoms with Gasteiger partial charge in [-0.05, 0) is 56.5 Å². The van der Waals surface area contributed by atoms with Crippen molar-refractivity contribution in [2.24, 2.45) is 0 Å². The van der Waals surface area contributed by atoms with Crippen LogP contribution in [0.4, 0.5) is 0 Å². The Balaban J connectivity index is 1.65. The molecular weight excluding hydrogens is 431 g/mol. The van der Waals surface area contributed by atoms with Crippen molar-refractivity contribution in [2.75, 3.05) is 13.1 Å². The Bertz CT molecular complexity index is 978. The summed E-state index contributed by atoms with van der Waals surface area (Å²) in [4.78, 5) is 12.7. The van der Waals surface area contributed by atoms with E-state index in [4.69, 9.17) is 23.2 Å². The smallest absolute Gasteiger partial charge is 0.251 e. The lowest BCUT2D eigenvalue weighted by molar-refractivity contribution is 0.0949. The Kier molecular flexibility index (Phi) is 7.22. The maximum Gasteiger partial charge on any atom is 0.251 e. The summed E-state index contributed by atoms with van der Waals surface area (Å²) in [5.74, 6) is -0.257. The second-order valence-corrected chi connectivity index (χ2v) is 9.96. The number of hydrogen-bond donors (Lipinski definition) is 1. The number of benzene rings is 2. The van der Waals surface area contributed by atoms with Gasteiger partial charge in [0.2, 0.25) is 10.0 Å². The number of sulfonamides is 1. The van der Waals surface area contributed by atoms with Crippen LogP contribution in [0.15, 0.2) is 47.4 Å². The molecule has 0 saturated carbocycles. The van der Waals surface area contributed by atoms with Gasteiger partial charge < -0.3 is 5.32 Å². The number of aryl methyl sites for hydroxylation is 1. The number of carbonyl (C=O) groups is 1. The largest absolute Gasteiger partial charge is 0.352 e. The van der Waals surface area contributed by atoms with Crippen LogP contribution in [0.3, 0.4) is 0 Å². The number of amides is 1. The molecule has 1 saturated heterocycles. The van der Waals surface area contributed by atoms with Crippen molar-refractivity contribution < 1.29 is 13.2 Å². The number of hydrogen-bond acceptors (Lipinski definition) is 3. The number of piperidine rings is 1.